The minimum Gasteiger partial charge on any atom is -0.356 e. The van der Waals surface area contributed by atoms with E-state index in [4.69, 9.17) is 0 Å². The number of nitrogens with one attached hydrogen (secondary N) is 2. The molecule has 0 aromatic heterocycles. The summed E-state index contributed by atoms with van der Waals surface area (Å²) in [4.78, 5) is 22.5. The number of rotatable bonds is 4. The predicted molar refractivity (Wildman–Crippen MR) is 56.1 cm³/mol. The van der Waals surface area contributed by atoms with E-state index >= 15 is 0 Å². The van der Waals surface area contributed by atoms with Crippen LogP contribution in [0.3, 0.4) is 0 Å². The molecule has 1 saturated heterocycles. The van der Waals surface area contributed by atoms with Gasteiger partial charge in [0.2, 0.25) is 11.8 Å². The molecule has 2 amide bonds. The topological polar surface area (TPSA) is 58.2 Å². The monoisotopic (exact) mass is 210 g/mol. The molecular formula is C11H18N2O2. The van der Waals surface area contributed by atoms with Crippen molar-refractivity contribution in [1.82, 2.24) is 10.6 Å². The van der Waals surface area contributed by atoms with Crippen molar-refractivity contribution in [1.29, 1.82) is 0 Å². The van der Waals surface area contributed by atoms with Crippen LogP contribution >= 0.6 is 0 Å². The molecule has 1 aliphatic heterocycles. The van der Waals surface area contributed by atoms with E-state index in [9.17, 15) is 9.59 Å². The van der Waals surface area contributed by atoms with Gasteiger partial charge < -0.3 is 10.6 Å². The van der Waals surface area contributed by atoms with E-state index in [2.05, 4.69) is 10.6 Å². The van der Waals surface area contributed by atoms with E-state index in [1.165, 1.54) is 19.3 Å². The van der Waals surface area contributed by atoms with Gasteiger partial charge in [-0.1, -0.05) is 19.3 Å². The van der Waals surface area contributed by atoms with Crippen LogP contribution in [0.5, 0.6) is 0 Å². The highest BCUT2D eigenvalue weighted by atomic mass is 16.2. The van der Waals surface area contributed by atoms with Crippen molar-refractivity contribution in [2.24, 2.45) is 11.8 Å². The molecule has 0 aromatic carbocycles. The van der Waals surface area contributed by atoms with Crippen LogP contribution in [0.4, 0.5) is 0 Å². The van der Waals surface area contributed by atoms with Crippen LogP contribution < -0.4 is 10.6 Å². The molecule has 0 radical (unpaired) electrons. The first-order valence-corrected chi connectivity index (χ1v) is 5.80. The number of carbonyl (C=O) groups is 2. The molecule has 1 saturated carbocycles. The molecule has 4 nitrogen and oxygen atoms in total. The molecule has 4 heteroatoms. The van der Waals surface area contributed by atoms with Crippen LogP contribution in [0, 0.1) is 11.8 Å². The summed E-state index contributed by atoms with van der Waals surface area (Å²) in [5.41, 5.74) is 0. The molecule has 1 aliphatic carbocycles. The van der Waals surface area contributed by atoms with E-state index in [-0.39, 0.29) is 17.7 Å². The SMILES string of the molecule is O=C1CC(C(=O)NCCC2CCC2)CN1. The standard InChI is InChI=1S/C11H18N2O2/c14-10-6-9(7-13-10)11(15)12-5-4-8-2-1-3-8/h8-9H,1-7H2,(H,12,15)(H,13,14). The van der Waals surface area contributed by atoms with Crippen molar-refractivity contribution >= 4 is 11.8 Å². The maximum atomic E-state index is 11.6. The van der Waals surface area contributed by atoms with E-state index in [0.717, 1.165) is 18.9 Å². The molecule has 0 aromatic rings. The minimum absolute atomic E-state index is 0.00542. The molecule has 0 spiro atoms. The zero-order valence-corrected chi connectivity index (χ0v) is 8.92. The molecular weight excluding hydrogens is 192 g/mol. The molecule has 2 rings (SSSR count). The number of carbonyl (C=O) groups excluding carboxylic acids is 2. The summed E-state index contributed by atoms with van der Waals surface area (Å²) >= 11 is 0. The quantitative estimate of drug-likeness (QED) is 0.707. The van der Waals surface area contributed by atoms with Gasteiger partial charge in [0.05, 0.1) is 5.92 Å². The maximum Gasteiger partial charge on any atom is 0.225 e. The second-order valence-corrected chi connectivity index (χ2v) is 4.58. The van der Waals surface area contributed by atoms with E-state index in [0.29, 0.717) is 13.0 Å². The Morgan fingerprint density at radius 1 is 1.47 bits per heavy atom. The fourth-order valence-electron chi connectivity index (χ4n) is 2.12. The number of hydrogen-bond acceptors (Lipinski definition) is 2. The Morgan fingerprint density at radius 3 is 2.80 bits per heavy atom. The Morgan fingerprint density at radius 2 is 2.27 bits per heavy atom. The highest BCUT2D eigenvalue weighted by molar-refractivity contribution is 5.89. The predicted octanol–water partition coefficient (Wildman–Crippen LogP) is 0.429. The third-order valence-electron chi connectivity index (χ3n) is 3.42. The average Bonchev–Trinajstić information content (AvgIpc) is 2.56. The Hall–Kier alpha value is -1.06. The van der Waals surface area contributed by atoms with Crippen LogP contribution in [0.15, 0.2) is 0 Å². The third-order valence-corrected chi connectivity index (χ3v) is 3.42. The first-order chi connectivity index (χ1) is 7.25. The van der Waals surface area contributed by atoms with Crippen molar-refractivity contribution in [3.05, 3.63) is 0 Å². The van der Waals surface area contributed by atoms with Crippen molar-refractivity contribution in [2.75, 3.05) is 13.1 Å². The van der Waals surface area contributed by atoms with Crippen LogP contribution in [0.2, 0.25) is 0 Å². The summed E-state index contributed by atoms with van der Waals surface area (Å²) in [5, 5.41) is 5.59. The molecule has 2 aliphatic rings. The van der Waals surface area contributed by atoms with Crippen LogP contribution in [-0.2, 0) is 9.59 Å². The van der Waals surface area contributed by atoms with Gasteiger partial charge in [-0.15, -0.1) is 0 Å². The summed E-state index contributed by atoms with van der Waals surface area (Å²) < 4.78 is 0. The van der Waals surface area contributed by atoms with Gasteiger partial charge in [0, 0.05) is 19.5 Å². The lowest BCUT2D eigenvalue weighted by Gasteiger charge is -2.25. The van der Waals surface area contributed by atoms with Gasteiger partial charge in [-0.05, 0) is 12.3 Å². The Bertz CT molecular complexity index is 261. The highest BCUT2D eigenvalue weighted by Gasteiger charge is 2.27. The average molecular weight is 210 g/mol. The zero-order valence-electron chi connectivity index (χ0n) is 8.92. The van der Waals surface area contributed by atoms with Crippen LogP contribution in [-0.4, -0.2) is 24.9 Å². The third kappa shape index (κ3) is 2.70. The van der Waals surface area contributed by atoms with Gasteiger partial charge in [-0.2, -0.15) is 0 Å². The highest BCUT2D eigenvalue weighted by Crippen LogP contribution is 2.28. The van der Waals surface area contributed by atoms with Gasteiger partial charge in [0.25, 0.3) is 0 Å². The van der Waals surface area contributed by atoms with Crippen molar-refractivity contribution in [3.63, 3.8) is 0 Å². The first kappa shape index (κ1) is 10.5. The summed E-state index contributed by atoms with van der Waals surface area (Å²) in [6, 6.07) is 0. The fraction of sp³-hybridized carbons (Fsp3) is 0.818. The van der Waals surface area contributed by atoms with Crippen molar-refractivity contribution < 1.29 is 9.59 Å². The second-order valence-electron chi connectivity index (χ2n) is 4.58. The zero-order chi connectivity index (χ0) is 10.7. The van der Waals surface area contributed by atoms with Crippen molar-refractivity contribution in [3.8, 4) is 0 Å². The number of hydrogen-bond donors (Lipinski definition) is 2. The summed E-state index contributed by atoms with van der Waals surface area (Å²) in [5.74, 6) is 0.717. The van der Waals surface area contributed by atoms with Crippen molar-refractivity contribution in [2.45, 2.75) is 32.1 Å². The number of amides is 2. The summed E-state index contributed by atoms with van der Waals surface area (Å²) in [7, 11) is 0. The van der Waals surface area contributed by atoms with Gasteiger partial charge in [-0.3, -0.25) is 9.59 Å². The largest absolute Gasteiger partial charge is 0.356 e. The molecule has 1 unspecified atom stereocenters. The van der Waals surface area contributed by atoms with Gasteiger partial charge in [0.15, 0.2) is 0 Å². The lowest BCUT2D eigenvalue weighted by atomic mass is 9.83. The van der Waals surface area contributed by atoms with E-state index in [1.807, 2.05) is 0 Å². The summed E-state index contributed by atoms with van der Waals surface area (Å²) in [6.45, 7) is 1.28. The Labute approximate surface area is 89.8 Å². The normalized spacial score (nSPS) is 25.9. The first-order valence-electron chi connectivity index (χ1n) is 5.80. The molecule has 1 heterocycles. The summed E-state index contributed by atoms with van der Waals surface area (Å²) in [6.07, 6.45) is 5.44. The van der Waals surface area contributed by atoms with E-state index < -0.39 is 0 Å². The maximum absolute atomic E-state index is 11.6. The Balaban J connectivity index is 1.61. The molecule has 2 fully saturated rings. The van der Waals surface area contributed by atoms with E-state index in [1.54, 1.807) is 0 Å². The lowest BCUT2D eigenvalue weighted by molar-refractivity contribution is -0.126. The van der Waals surface area contributed by atoms with Crippen LogP contribution in [0.1, 0.15) is 32.1 Å². The second kappa shape index (κ2) is 4.64. The minimum atomic E-state index is -0.140. The Kier molecular flexibility index (Phi) is 3.23. The molecule has 2 N–H and O–H groups in total. The van der Waals surface area contributed by atoms with Crippen LogP contribution in [0.25, 0.3) is 0 Å². The smallest absolute Gasteiger partial charge is 0.225 e. The molecule has 84 valence electrons. The molecule has 1 atom stereocenters. The lowest BCUT2D eigenvalue weighted by Crippen LogP contribution is -2.33. The molecule has 15 heavy (non-hydrogen) atoms. The van der Waals surface area contributed by atoms with Gasteiger partial charge in [-0.25, -0.2) is 0 Å². The van der Waals surface area contributed by atoms with Gasteiger partial charge >= 0.3 is 0 Å². The molecule has 0 bridgehead atoms. The van der Waals surface area contributed by atoms with Gasteiger partial charge in [0.1, 0.15) is 0 Å². The fourth-order valence-corrected chi connectivity index (χ4v) is 2.12.